The van der Waals surface area contributed by atoms with E-state index in [-0.39, 0.29) is 13.2 Å². The van der Waals surface area contributed by atoms with Gasteiger partial charge >= 0.3 is 111 Å². The summed E-state index contributed by atoms with van der Waals surface area (Å²) in [7, 11) is 0. The fourth-order valence-electron chi connectivity index (χ4n) is 1.73. The zero-order valence-corrected chi connectivity index (χ0v) is 13.7. The predicted molar refractivity (Wildman–Crippen MR) is 65.5 cm³/mol. The topological polar surface area (TPSA) is 58.9 Å². The summed E-state index contributed by atoms with van der Waals surface area (Å²) in [6.45, 7) is 6.07. The van der Waals surface area contributed by atoms with Crippen LogP contribution in [0.5, 0.6) is 0 Å². The van der Waals surface area contributed by atoms with Crippen LogP contribution in [0.3, 0.4) is 0 Å². The van der Waals surface area contributed by atoms with Crippen molar-refractivity contribution < 1.29 is 37.0 Å². The molecule has 0 fully saturated rings. The van der Waals surface area contributed by atoms with Gasteiger partial charge in [0.1, 0.15) is 0 Å². The number of aliphatic hydroxyl groups excluding tert-OH is 2. The Morgan fingerprint density at radius 3 is 1.53 bits per heavy atom. The molecule has 0 spiro atoms. The van der Waals surface area contributed by atoms with Crippen LogP contribution in [0, 0.1) is 0 Å². The van der Waals surface area contributed by atoms with Gasteiger partial charge in [-0.3, -0.25) is 0 Å². The number of rotatable bonds is 12. The first-order chi connectivity index (χ1) is 8.24. The van der Waals surface area contributed by atoms with Crippen molar-refractivity contribution in [3.05, 3.63) is 0 Å². The summed E-state index contributed by atoms with van der Waals surface area (Å²) >= 11 is -3.01. The van der Waals surface area contributed by atoms with E-state index in [1.54, 1.807) is 0 Å². The van der Waals surface area contributed by atoms with Gasteiger partial charge in [-0.25, -0.2) is 0 Å². The average molecular weight is 328 g/mol. The van der Waals surface area contributed by atoms with Gasteiger partial charge in [-0.15, -0.1) is 0 Å². The van der Waals surface area contributed by atoms with Crippen molar-refractivity contribution in [3.63, 3.8) is 0 Å². The molecule has 104 valence electrons. The molecule has 0 rings (SSSR count). The van der Waals surface area contributed by atoms with Crippen LogP contribution in [0.25, 0.3) is 0 Å². The van der Waals surface area contributed by atoms with E-state index in [1.807, 2.05) is 0 Å². The molecule has 0 saturated heterocycles. The molecular formula is C12H28O4Zr. The van der Waals surface area contributed by atoms with Crippen molar-refractivity contribution in [1.82, 2.24) is 0 Å². The Bertz CT molecular complexity index is 129. The van der Waals surface area contributed by atoms with Crippen LogP contribution >= 0.6 is 0 Å². The van der Waals surface area contributed by atoms with Gasteiger partial charge in [0.05, 0.1) is 0 Å². The average Bonchev–Trinajstić information content (AvgIpc) is 2.37. The molecule has 0 radical (unpaired) electrons. The molecule has 0 aromatic heterocycles. The van der Waals surface area contributed by atoms with E-state index < -0.39 is 21.1 Å². The molecule has 17 heavy (non-hydrogen) atoms. The molecule has 2 N–H and O–H groups in total. The van der Waals surface area contributed by atoms with E-state index in [1.165, 1.54) is 0 Å². The van der Waals surface area contributed by atoms with Crippen LogP contribution in [0.2, 0.25) is 8.26 Å². The van der Waals surface area contributed by atoms with E-state index in [4.69, 9.17) is 15.8 Å². The molecule has 4 nitrogen and oxygen atoms in total. The van der Waals surface area contributed by atoms with Gasteiger partial charge < -0.3 is 0 Å². The second-order valence-electron chi connectivity index (χ2n) is 4.26. The fraction of sp³-hybridized carbons (Fsp3) is 1.00. The van der Waals surface area contributed by atoms with E-state index in [0.29, 0.717) is 0 Å². The van der Waals surface area contributed by atoms with E-state index in [2.05, 4.69) is 13.8 Å². The zero-order valence-electron chi connectivity index (χ0n) is 11.3. The van der Waals surface area contributed by atoms with Gasteiger partial charge in [0.2, 0.25) is 0 Å². The molecule has 0 aliphatic carbocycles. The molecule has 0 aliphatic heterocycles. The Morgan fingerprint density at radius 2 is 1.24 bits per heavy atom. The zero-order chi connectivity index (χ0) is 13.0. The molecular weight excluding hydrogens is 299 g/mol. The van der Waals surface area contributed by atoms with Crippen LogP contribution in [0.4, 0.5) is 0 Å². The van der Waals surface area contributed by atoms with Crippen molar-refractivity contribution in [1.29, 1.82) is 0 Å². The summed E-state index contributed by atoms with van der Waals surface area (Å²) < 4.78 is 13.9. The Balaban J connectivity index is 4.39. The van der Waals surface area contributed by atoms with E-state index in [9.17, 15) is 0 Å². The molecule has 0 saturated carbocycles. The molecule has 0 bridgehead atoms. The van der Waals surface area contributed by atoms with Gasteiger partial charge in [0.15, 0.2) is 0 Å². The maximum atomic E-state index is 8.98. The van der Waals surface area contributed by atoms with E-state index in [0.717, 1.165) is 47.2 Å². The summed E-state index contributed by atoms with van der Waals surface area (Å²) in [4.78, 5) is 0. The Morgan fingerprint density at radius 1 is 0.824 bits per heavy atom. The standard InChI is InChI=1S/4C3H7O.Zr/c4*1-2-3-4;/h2*2-3H2,1H3;2*4H,1-3H2;/q2*-1;;;+2. The number of hydrogen-bond donors (Lipinski definition) is 2. The van der Waals surface area contributed by atoms with Crippen LogP contribution in [0.1, 0.15) is 39.5 Å². The number of hydrogen-bond acceptors (Lipinski definition) is 4. The quantitative estimate of drug-likeness (QED) is 0.578. The predicted octanol–water partition coefficient (Wildman–Crippen LogP) is 2.42. The van der Waals surface area contributed by atoms with Crippen LogP contribution in [-0.2, 0) is 26.8 Å². The SMILES string of the molecule is CCC[O][Zr]([CH2]CCO)([CH2]CCO)[O]CCC. The molecule has 0 amide bonds. The van der Waals surface area contributed by atoms with Crippen molar-refractivity contribution in [3.8, 4) is 0 Å². The van der Waals surface area contributed by atoms with Crippen molar-refractivity contribution in [2.24, 2.45) is 0 Å². The number of aliphatic hydroxyl groups is 2. The van der Waals surface area contributed by atoms with Crippen molar-refractivity contribution in [2.75, 3.05) is 26.4 Å². The molecule has 0 heterocycles. The van der Waals surface area contributed by atoms with Gasteiger partial charge in [-0.2, -0.15) is 0 Å². The summed E-state index contributed by atoms with van der Waals surface area (Å²) in [5, 5.41) is 18.0. The second-order valence-corrected chi connectivity index (χ2v) is 12.6. The van der Waals surface area contributed by atoms with Crippen molar-refractivity contribution in [2.45, 2.75) is 47.8 Å². The molecule has 5 heteroatoms. The maximum absolute atomic E-state index is 8.98. The first-order valence-electron chi connectivity index (χ1n) is 6.74. The third kappa shape index (κ3) is 8.44. The first kappa shape index (κ1) is 17.7. The van der Waals surface area contributed by atoms with Crippen molar-refractivity contribution >= 4 is 0 Å². The van der Waals surface area contributed by atoms with Gasteiger partial charge in [-0.05, 0) is 0 Å². The minimum absolute atomic E-state index is 0.197. The van der Waals surface area contributed by atoms with Crippen LogP contribution in [0.15, 0.2) is 0 Å². The minimum atomic E-state index is -3.01. The van der Waals surface area contributed by atoms with E-state index >= 15 is 0 Å². The fourth-order valence-corrected chi connectivity index (χ4v) is 10.2. The first-order valence-corrected chi connectivity index (χ1v) is 12.2. The van der Waals surface area contributed by atoms with Gasteiger partial charge in [-0.1, -0.05) is 0 Å². The molecule has 0 aliphatic rings. The summed E-state index contributed by atoms with van der Waals surface area (Å²) in [5.41, 5.74) is 0. The third-order valence-corrected chi connectivity index (χ3v) is 11.6. The summed E-state index contributed by atoms with van der Waals surface area (Å²) in [5.74, 6) is 0. The van der Waals surface area contributed by atoms with Crippen LogP contribution < -0.4 is 0 Å². The van der Waals surface area contributed by atoms with Gasteiger partial charge in [0.25, 0.3) is 0 Å². The summed E-state index contributed by atoms with van der Waals surface area (Å²) in [6, 6.07) is 0. The summed E-state index contributed by atoms with van der Waals surface area (Å²) in [6.07, 6.45) is 3.50. The third-order valence-electron chi connectivity index (χ3n) is 2.57. The van der Waals surface area contributed by atoms with Crippen LogP contribution in [-0.4, -0.2) is 36.6 Å². The Labute approximate surface area is 111 Å². The molecule has 0 aromatic rings. The molecule has 0 atom stereocenters. The Kier molecular flexibility index (Phi) is 12.3. The molecule has 0 unspecified atom stereocenters. The Hall–Kier alpha value is 0.723. The van der Waals surface area contributed by atoms with Gasteiger partial charge in [0, 0.05) is 0 Å². The second kappa shape index (κ2) is 11.8. The molecule has 0 aromatic carbocycles. The monoisotopic (exact) mass is 326 g/mol. The normalized spacial score (nSPS) is 12.0.